The maximum Gasteiger partial charge on any atom is 0.185 e. The number of hydrogen-bond acceptors (Lipinski definition) is 14. The molecule has 0 spiro atoms. The topological polar surface area (TPSA) is 245 Å². The molecule has 266 valence electrons. The number of aliphatic hydroxyl groups is 10. The summed E-state index contributed by atoms with van der Waals surface area (Å²) in [7, 11) is 1.27. The van der Waals surface area contributed by atoms with Gasteiger partial charge in [-0.05, 0) is 11.1 Å². The zero-order valence-corrected chi connectivity index (χ0v) is 31.1. The van der Waals surface area contributed by atoms with Gasteiger partial charge in [-0.1, -0.05) is 12.2 Å². The zero-order valence-electron chi connectivity index (χ0n) is 23.1. The fraction of sp³-hybridized carbons (Fsp3) is 0.810. The Morgan fingerprint density at radius 1 is 0.628 bits per heavy atom. The number of rotatable bonds is 8. The molecule has 14 nitrogen and oxygen atoms in total. The third-order valence-corrected chi connectivity index (χ3v) is 6.87. The van der Waals surface area contributed by atoms with Crippen LogP contribution in [-0.4, -0.2) is 157 Å². The van der Waals surface area contributed by atoms with Crippen LogP contribution in [0.5, 0.6) is 0 Å². The third kappa shape index (κ3) is 12.9. The van der Waals surface area contributed by atoms with Crippen LogP contribution >= 0.6 is 108 Å². The lowest BCUT2D eigenvalue weighted by atomic mass is 9.86. The summed E-state index contributed by atoms with van der Waals surface area (Å²) >= 11 is 0. The molecule has 0 amide bonds. The Bertz CT molecular complexity index is 798. The molecule has 13 atom stereocenters. The molecule has 22 heteroatoms. The van der Waals surface area contributed by atoms with Crippen molar-refractivity contribution in [3.8, 4) is 0 Å². The first-order chi connectivity index (χ1) is 16.5. The minimum Gasteiger partial charge on any atom is -0.392 e. The van der Waals surface area contributed by atoms with Gasteiger partial charge in [-0.25, -0.2) is 0 Å². The van der Waals surface area contributed by atoms with E-state index in [-0.39, 0.29) is 126 Å². The normalized spacial score (nSPS) is 38.1. The van der Waals surface area contributed by atoms with Crippen molar-refractivity contribution in [3.63, 3.8) is 0 Å². The quantitative estimate of drug-likeness (QED) is 0.103. The average Bonchev–Trinajstić information content (AvgIpc) is 2.85. The van der Waals surface area contributed by atoms with Gasteiger partial charge in [0, 0.05) is 13.7 Å². The van der Waals surface area contributed by atoms with Crippen molar-refractivity contribution in [1.29, 1.82) is 0 Å². The molecule has 5 unspecified atom stereocenters. The van der Waals surface area contributed by atoms with Gasteiger partial charge < -0.3 is 71.2 Å². The summed E-state index contributed by atoms with van der Waals surface area (Å²) in [5.74, 6) is 0. The lowest BCUT2D eigenvalue weighted by Gasteiger charge is -2.45. The number of ether oxygens (including phenoxy) is 2. The standard InChI is InChI=1S/C21H36N2O12.8H2S/c1-34-21-18(31)12(23-10-3-8(6-25)14(27)20(33)16(10)29)17(30)11(35-21)4-22-9-2-7(5-24)13(26)19(32)15(9)28;;;;;;;;/h2-3,9-33H,4-6H2,1H3;8*1H2/t9?,10-,11+,12-,13?,14?,15+,16+,17?,18-,19-,20-,21?;;;;;;;;/m0......../s1. The smallest absolute Gasteiger partial charge is 0.185 e. The van der Waals surface area contributed by atoms with Crippen LogP contribution in [0.1, 0.15) is 0 Å². The number of hydrogen-bond donors (Lipinski definition) is 12. The molecule has 3 rings (SSSR count). The van der Waals surface area contributed by atoms with Crippen LogP contribution in [0, 0.1) is 0 Å². The van der Waals surface area contributed by atoms with Crippen molar-refractivity contribution >= 4 is 108 Å². The minimum atomic E-state index is -1.62. The SMILES string of the molecule is COC1O[C@H](CNC2C=C(CO)C(O)[C@H](O)[C@@H]2O)C(O)[C@H](N[C@H]2C=C(CO)C(O)[C@H](O)[C@@H]2O)[C@@H]1O.S.S.S.S.S.S.S.S. The molecule has 0 aromatic carbocycles. The highest BCUT2D eigenvalue weighted by molar-refractivity contribution is 7.60. The van der Waals surface area contributed by atoms with E-state index < -0.39 is 92.6 Å². The fourth-order valence-electron chi connectivity index (χ4n) is 4.68. The van der Waals surface area contributed by atoms with Crippen LogP contribution in [0.4, 0.5) is 0 Å². The fourth-order valence-corrected chi connectivity index (χ4v) is 4.68. The van der Waals surface area contributed by atoms with E-state index in [2.05, 4.69) is 10.6 Å². The van der Waals surface area contributed by atoms with Crippen molar-refractivity contribution < 1.29 is 60.5 Å². The van der Waals surface area contributed by atoms with Crippen LogP contribution in [0.2, 0.25) is 0 Å². The Kier molecular flexibility index (Phi) is 34.1. The summed E-state index contributed by atoms with van der Waals surface area (Å²) in [6, 6.07) is -3.12. The van der Waals surface area contributed by atoms with E-state index in [0.29, 0.717) is 0 Å². The van der Waals surface area contributed by atoms with E-state index in [0.717, 1.165) is 0 Å². The number of aliphatic hydroxyl groups excluding tert-OH is 10. The second-order valence-corrected chi connectivity index (χ2v) is 9.06. The second-order valence-electron chi connectivity index (χ2n) is 9.06. The Labute approximate surface area is 306 Å². The molecule has 3 aliphatic rings. The van der Waals surface area contributed by atoms with E-state index in [9.17, 15) is 51.1 Å². The van der Waals surface area contributed by atoms with Gasteiger partial charge in [-0.3, -0.25) is 0 Å². The summed E-state index contributed by atoms with van der Waals surface area (Å²) in [5, 5.41) is 107. The molecule has 0 radical (unpaired) electrons. The highest BCUT2D eigenvalue weighted by Gasteiger charge is 2.48. The monoisotopic (exact) mass is 780 g/mol. The van der Waals surface area contributed by atoms with Gasteiger partial charge in [0.2, 0.25) is 0 Å². The van der Waals surface area contributed by atoms with E-state index in [4.69, 9.17) is 9.47 Å². The first-order valence-corrected chi connectivity index (χ1v) is 11.3. The summed E-state index contributed by atoms with van der Waals surface area (Å²) in [6.45, 7) is -1.25. The van der Waals surface area contributed by atoms with Gasteiger partial charge in [0.1, 0.15) is 48.8 Å². The molecular formula is C21H52N2O12S8. The van der Waals surface area contributed by atoms with E-state index in [1.165, 1.54) is 19.3 Å². The Morgan fingerprint density at radius 2 is 1.05 bits per heavy atom. The molecule has 0 aromatic heterocycles. The van der Waals surface area contributed by atoms with Crippen LogP contribution in [0.15, 0.2) is 23.3 Å². The van der Waals surface area contributed by atoms with Crippen LogP contribution in [0.25, 0.3) is 0 Å². The Morgan fingerprint density at radius 3 is 1.47 bits per heavy atom. The van der Waals surface area contributed by atoms with Gasteiger partial charge in [0.15, 0.2) is 6.29 Å². The highest BCUT2D eigenvalue weighted by Crippen LogP contribution is 2.26. The van der Waals surface area contributed by atoms with Gasteiger partial charge in [0.05, 0.1) is 37.4 Å². The molecule has 0 saturated carbocycles. The first kappa shape index (κ1) is 57.0. The average molecular weight is 781 g/mol. The lowest BCUT2D eigenvalue weighted by Crippen LogP contribution is -2.68. The number of nitrogens with one attached hydrogen (secondary N) is 2. The van der Waals surface area contributed by atoms with E-state index in [1.807, 2.05) is 0 Å². The van der Waals surface area contributed by atoms with Gasteiger partial charge in [0.25, 0.3) is 0 Å². The van der Waals surface area contributed by atoms with Crippen LogP contribution < -0.4 is 10.6 Å². The largest absolute Gasteiger partial charge is 0.392 e. The van der Waals surface area contributed by atoms with Crippen LogP contribution in [0.3, 0.4) is 0 Å². The summed E-state index contributed by atoms with van der Waals surface area (Å²) < 4.78 is 10.8. The van der Waals surface area contributed by atoms with Crippen molar-refractivity contribution in [1.82, 2.24) is 10.6 Å². The molecule has 0 bridgehead atoms. The van der Waals surface area contributed by atoms with Gasteiger partial charge in [-0.2, -0.15) is 108 Å². The lowest BCUT2D eigenvalue weighted by molar-refractivity contribution is -0.266. The molecule has 1 fully saturated rings. The van der Waals surface area contributed by atoms with Gasteiger partial charge in [-0.15, -0.1) is 0 Å². The molecule has 1 saturated heterocycles. The summed E-state index contributed by atoms with van der Waals surface area (Å²) in [5.41, 5.74) is 0.157. The van der Waals surface area contributed by atoms with Crippen molar-refractivity contribution in [2.24, 2.45) is 0 Å². The van der Waals surface area contributed by atoms with Crippen LogP contribution in [-0.2, 0) is 9.47 Å². The first-order valence-electron chi connectivity index (χ1n) is 11.3. The Balaban J connectivity index is -0.000000428. The summed E-state index contributed by atoms with van der Waals surface area (Å²) in [4.78, 5) is 0. The second kappa shape index (κ2) is 25.7. The predicted molar refractivity (Wildman–Crippen MR) is 200 cm³/mol. The maximum absolute atomic E-state index is 10.9. The van der Waals surface area contributed by atoms with E-state index in [1.54, 1.807) is 0 Å². The molecule has 0 aromatic rings. The molecule has 1 heterocycles. The highest BCUT2D eigenvalue weighted by atomic mass is 32.1. The Hall–Kier alpha value is 1.72. The molecular weight excluding hydrogens is 729 g/mol. The molecule has 12 N–H and O–H groups in total. The number of methoxy groups -OCH3 is 1. The third-order valence-electron chi connectivity index (χ3n) is 6.87. The minimum absolute atomic E-state index is 0. The molecule has 43 heavy (non-hydrogen) atoms. The van der Waals surface area contributed by atoms with Crippen molar-refractivity contribution in [2.45, 2.75) is 79.4 Å². The zero-order chi connectivity index (χ0) is 26.0. The molecule has 2 aliphatic carbocycles. The summed E-state index contributed by atoms with van der Waals surface area (Å²) in [6.07, 6.45) is -11.5. The maximum atomic E-state index is 10.9. The van der Waals surface area contributed by atoms with E-state index >= 15 is 0 Å². The van der Waals surface area contributed by atoms with Gasteiger partial charge >= 0.3 is 0 Å². The van der Waals surface area contributed by atoms with Crippen molar-refractivity contribution in [2.75, 3.05) is 26.9 Å². The predicted octanol–water partition coefficient (Wildman–Crippen LogP) is -5.70. The van der Waals surface area contributed by atoms with Crippen molar-refractivity contribution in [3.05, 3.63) is 23.3 Å². The molecule has 1 aliphatic heterocycles.